The molecule has 0 spiro atoms. The summed E-state index contributed by atoms with van der Waals surface area (Å²) < 4.78 is 0. The molecule has 116 valence electrons. The smallest absolute Gasteiger partial charge is 0.185 e. The van der Waals surface area contributed by atoms with Crippen LogP contribution < -0.4 is 10.2 Å². The van der Waals surface area contributed by atoms with Gasteiger partial charge in [-0.05, 0) is 13.3 Å². The van der Waals surface area contributed by atoms with E-state index in [4.69, 9.17) is 4.98 Å². The summed E-state index contributed by atoms with van der Waals surface area (Å²) in [5, 5.41) is 4.71. The molecule has 0 fully saturated rings. The zero-order chi connectivity index (χ0) is 15.3. The number of hydrogen-bond acceptors (Lipinski definition) is 4. The Bertz CT molecular complexity index is 404. The molecule has 3 nitrogen and oxygen atoms in total. The Morgan fingerprint density at radius 3 is 2.35 bits per heavy atom. The Balaban J connectivity index is 3.04. The summed E-state index contributed by atoms with van der Waals surface area (Å²) in [5.41, 5.74) is 1.36. The number of nitrogens with one attached hydrogen (secondary N) is 1. The highest BCUT2D eigenvalue weighted by atomic mass is 32.1. The molecule has 0 unspecified atom stereocenters. The predicted octanol–water partition coefficient (Wildman–Crippen LogP) is 4.17. The molecule has 0 radical (unpaired) electrons. The minimum Gasteiger partial charge on any atom is -0.348 e. The maximum atomic E-state index is 4.95. The molecule has 1 heterocycles. The first kappa shape index (κ1) is 17.4. The van der Waals surface area contributed by atoms with Crippen LogP contribution >= 0.6 is 11.3 Å². The van der Waals surface area contributed by atoms with Gasteiger partial charge in [-0.3, -0.25) is 0 Å². The van der Waals surface area contributed by atoms with E-state index >= 15 is 0 Å². The number of anilines is 1. The minimum atomic E-state index is 0.106. The lowest BCUT2D eigenvalue weighted by molar-refractivity contribution is 0.545. The van der Waals surface area contributed by atoms with Crippen LogP contribution in [0.25, 0.3) is 0 Å². The second-order valence-electron chi connectivity index (χ2n) is 6.63. The summed E-state index contributed by atoms with van der Waals surface area (Å²) >= 11 is 1.85. The van der Waals surface area contributed by atoms with Crippen molar-refractivity contribution in [2.75, 3.05) is 18.0 Å². The summed E-state index contributed by atoms with van der Waals surface area (Å²) in [6, 6.07) is 0.506. The van der Waals surface area contributed by atoms with E-state index in [-0.39, 0.29) is 5.41 Å². The van der Waals surface area contributed by atoms with E-state index < -0.39 is 0 Å². The van der Waals surface area contributed by atoms with E-state index in [9.17, 15) is 0 Å². The summed E-state index contributed by atoms with van der Waals surface area (Å²) in [4.78, 5) is 8.73. The number of thiazole rings is 1. The zero-order valence-corrected chi connectivity index (χ0v) is 15.0. The first-order valence-corrected chi connectivity index (χ1v) is 8.59. The van der Waals surface area contributed by atoms with Gasteiger partial charge < -0.3 is 10.2 Å². The van der Waals surface area contributed by atoms with Crippen molar-refractivity contribution in [2.45, 2.75) is 72.9 Å². The van der Waals surface area contributed by atoms with Crippen molar-refractivity contribution in [1.29, 1.82) is 0 Å². The van der Waals surface area contributed by atoms with Gasteiger partial charge in [0.15, 0.2) is 5.13 Å². The molecule has 0 bridgehead atoms. The largest absolute Gasteiger partial charge is 0.348 e. The van der Waals surface area contributed by atoms with E-state index in [1.54, 1.807) is 0 Å². The third-order valence-corrected chi connectivity index (χ3v) is 4.33. The van der Waals surface area contributed by atoms with Gasteiger partial charge in [-0.25, -0.2) is 4.98 Å². The van der Waals surface area contributed by atoms with Gasteiger partial charge in [0.05, 0.1) is 5.69 Å². The van der Waals surface area contributed by atoms with Crippen LogP contribution in [0.15, 0.2) is 0 Å². The molecule has 0 saturated heterocycles. The molecule has 0 aliphatic carbocycles. The standard InChI is InChI=1S/C16H31N3S/c1-8-10-19(9-2)15-18-14(16(5,6)7)13(20-15)11-17-12(3)4/h12,17H,8-11H2,1-7H3. The lowest BCUT2D eigenvalue weighted by Gasteiger charge is -2.20. The molecule has 0 amide bonds. The van der Waals surface area contributed by atoms with Gasteiger partial charge in [-0.2, -0.15) is 0 Å². The molecule has 0 aliphatic rings. The fraction of sp³-hybridized carbons (Fsp3) is 0.812. The van der Waals surface area contributed by atoms with Crippen LogP contribution in [0.2, 0.25) is 0 Å². The number of aromatic nitrogens is 1. The molecule has 0 atom stereocenters. The van der Waals surface area contributed by atoms with Crippen LogP contribution in [-0.2, 0) is 12.0 Å². The van der Waals surface area contributed by atoms with Crippen LogP contribution in [0.1, 0.15) is 65.5 Å². The van der Waals surface area contributed by atoms with Gasteiger partial charge in [0.1, 0.15) is 0 Å². The average molecular weight is 298 g/mol. The van der Waals surface area contributed by atoms with E-state index in [2.05, 4.69) is 58.7 Å². The Morgan fingerprint density at radius 2 is 1.90 bits per heavy atom. The van der Waals surface area contributed by atoms with Gasteiger partial charge in [0.2, 0.25) is 0 Å². The third kappa shape index (κ3) is 4.74. The molecule has 0 aliphatic heterocycles. The maximum Gasteiger partial charge on any atom is 0.185 e. The minimum absolute atomic E-state index is 0.106. The molecule has 20 heavy (non-hydrogen) atoms. The van der Waals surface area contributed by atoms with E-state index in [0.717, 1.165) is 26.1 Å². The molecule has 0 aromatic carbocycles. The fourth-order valence-corrected chi connectivity index (χ4v) is 3.45. The van der Waals surface area contributed by atoms with Crippen molar-refractivity contribution < 1.29 is 0 Å². The van der Waals surface area contributed by atoms with Crippen molar-refractivity contribution in [3.05, 3.63) is 10.6 Å². The second kappa shape index (κ2) is 7.41. The summed E-state index contributed by atoms with van der Waals surface area (Å²) in [7, 11) is 0. The van der Waals surface area contributed by atoms with Gasteiger partial charge in [-0.15, -0.1) is 11.3 Å². The van der Waals surface area contributed by atoms with Crippen molar-refractivity contribution in [2.24, 2.45) is 0 Å². The summed E-state index contributed by atoms with van der Waals surface area (Å²) in [6.07, 6.45) is 1.16. The first-order valence-electron chi connectivity index (χ1n) is 7.78. The van der Waals surface area contributed by atoms with Crippen LogP contribution in [0.4, 0.5) is 5.13 Å². The molecule has 1 N–H and O–H groups in total. The van der Waals surface area contributed by atoms with Gasteiger partial charge in [0.25, 0.3) is 0 Å². The van der Waals surface area contributed by atoms with Crippen LogP contribution in [0, 0.1) is 0 Å². The number of nitrogens with zero attached hydrogens (tertiary/aromatic N) is 2. The average Bonchev–Trinajstić information content (AvgIpc) is 2.77. The quantitative estimate of drug-likeness (QED) is 0.818. The lowest BCUT2D eigenvalue weighted by atomic mass is 9.91. The van der Waals surface area contributed by atoms with Crippen molar-refractivity contribution in [1.82, 2.24) is 10.3 Å². The Hall–Kier alpha value is -0.610. The number of rotatable bonds is 7. The maximum absolute atomic E-state index is 4.95. The highest BCUT2D eigenvalue weighted by Crippen LogP contribution is 2.34. The monoisotopic (exact) mass is 297 g/mol. The van der Waals surface area contributed by atoms with Gasteiger partial charge in [-0.1, -0.05) is 41.5 Å². The molecule has 1 rings (SSSR count). The molecule has 1 aromatic heterocycles. The highest BCUT2D eigenvalue weighted by molar-refractivity contribution is 7.15. The zero-order valence-electron chi connectivity index (χ0n) is 14.2. The Labute approximate surface area is 128 Å². The third-order valence-electron chi connectivity index (χ3n) is 3.21. The fourth-order valence-electron chi connectivity index (χ4n) is 2.14. The molecular weight excluding hydrogens is 266 g/mol. The number of hydrogen-bond donors (Lipinski definition) is 1. The molecule has 1 aromatic rings. The van der Waals surface area contributed by atoms with Crippen molar-refractivity contribution in [3.8, 4) is 0 Å². The van der Waals surface area contributed by atoms with Crippen LogP contribution in [0.5, 0.6) is 0 Å². The van der Waals surface area contributed by atoms with E-state index in [1.165, 1.54) is 15.7 Å². The van der Waals surface area contributed by atoms with Crippen LogP contribution in [-0.4, -0.2) is 24.1 Å². The Morgan fingerprint density at radius 1 is 1.25 bits per heavy atom. The molecule has 0 saturated carbocycles. The van der Waals surface area contributed by atoms with Crippen LogP contribution in [0.3, 0.4) is 0 Å². The Kier molecular flexibility index (Phi) is 6.46. The topological polar surface area (TPSA) is 28.2 Å². The predicted molar refractivity (Wildman–Crippen MR) is 91.0 cm³/mol. The van der Waals surface area contributed by atoms with Crippen molar-refractivity contribution in [3.63, 3.8) is 0 Å². The lowest BCUT2D eigenvalue weighted by Crippen LogP contribution is -2.24. The summed E-state index contributed by atoms with van der Waals surface area (Å²) in [6.45, 7) is 18.6. The highest BCUT2D eigenvalue weighted by Gasteiger charge is 2.24. The van der Waals surface area contributed by atoms with Gasteiger partial charge in [0, 0.05) is 36.0 Å². The van der Waals surface area contributed by atoms with E-state index in [1.807, 2.05) is 11.3 Å². The normalized spacial score (nSPS) is 12.2. The van der Waals surface area contributed by atoms with E-state index in [0.29, 0.717) is 6.04 Å². The van der Waals surface area contributed by atoms with Gasteiger partial charge >= 0.3 is 0 Å². The molecule has 4 heteroatoms. The SMILES string of the molecule is CCCN(CC)c1nc(C(C)(C)C)c(CNC(C)C)s1. The molecular formula is C16H31N3S. The summed E-state index contributed by atoms with van der Waals surface area (Å²) in [5.74, 6) is 0. The second-order valence-corrected chi connectivity index (χ2v) is 7.70. The first-order chi connectivity index (χ1) is 9.29. The van der Waals surface area contributed by atoms with Crippen molar-refractivity contribution >= 4 is 16.5 Å².